The highest BCUT2D eigenvalue weighted by atomic mass is 79.9. The van der Waals surface area contributed by atoms with Crippen molar-refractivity contribution in [3.05, 3.63) is 68.6 Å². The summed E-state index contributed by atoms with van der Waals surface area (Å²) in [4.78, 5) is 11.6. The molecule has 0 heterocycles. The molecule has 0 N–H and O–H groups in total. The van der Waals surface area contributed by atoms with Crippen LogP contribution in [0.1, 0.15) is 11.1 Å². The van der Waals surface area contributed by atoms with Gasteiger partial charge in [-0.2, -0.15) is 0 Å². The Labute approximate surface area is 134 Å². The van der Waals surface area contributed by atoms with Crippen molar-refractivity contribution in [1.82, 2.24) is 0 Å². The molecule has 0 fully saturated rings. The van der Waals surface area contributed by atoms with Crippen molar-refractivity contribution >= 4 is 37.6 Å². The summed E-state index contributed by atoms with van der Waals surface area (Å²) < 4.78 is 1.95. The van der Waals surface area contributed by atoms with Gasteiger partial charge in [0.15, 0.2) is 0 Å². The Hall–Kier alpha value is -1.81. The smallest absolute Gasteiger partial charge is 0.270 e. The second-order valence-corrected chi connectivity index (χ2v) is 5.67. The molecule has 20 heavy (non-hydrogen) atoms. The number of carbonyl (C=O) groups excluding carboxylic acids is 1. The molecule has 1 nitrogen and oxygen atoms in total. The van der Waals surface area contributed by atoms with Crippen molar-refractivity contribution in [2.24, 2.45) is 0 Å². The predicted octanol–water partition coefficient (Wildman–Crippen LogP) is 4.18. The molecule has 2 rings (SSSR count). The number of ketones is 1. The van der Waals surface area contributed by atoms with Gasteiger partial charge in [0.05, 0.1) is 0 Å². The Kier molecular flexibility index (Phi) is 5.18. The van der Waals surface area contributed by atoms with E-state index >= 15 is 0 Å². The number of benzene rings is 2. The van der Waals surface area contributed by atoms with E-state index in [1.54, 1.807) is 0 Å². The molecule has 0 unspecified atom stereocenters. The van der Waals surface area contributed by atoms with E-state index in [1.165, 1.54) is 0 Å². The standard InChI is InChI=1S/C17H8Br2O/c18-15-7-1-13(2-8-15)5-11-17(20)12-6-14-3-9-16(19)10-4-14/h1-4,7-10H. The average Bonchev–Trinajstić information content (AvgIpc) is 2.46. The van der Waals surface area contributed by atoms with Crippen molar-refractivity contribution < 1.29 is 4.79 Å². The number of hydrogen-bond donors (Lipinski definition) is 0. The molecule has 0 aromatic heterocycles. The van der Waals surface area contributed by atoms with Gasteiger partial charge in [-0.25, -0.2) is 0 Å². The number of carbonyl (C=O) groups is 1. The van der Waals surface area contributed by atoms with Crippen LogP contribution < -0.4 is 0 Å². The van der Waals surface area contributed by atoms with E-state index in [9.17, 15) is 4.79 Å². The van der Waals surface area contributed by atoms with Gasteiger partial charge in [0, 0.05) is 20.1 Å². The van der Waals surface area contributed by atoms with E-state index in [0.29, 0.717) is 0 Å². The summed E-state index contributed by atoms with van der Waals surface area (Å²) in [7, 11) is 0. The van der Waals surface area contributed by atoms with Crippen molar-refractivity contribution in [3.63, 3.8) is 0 Å². The van der Waals surface area contributed by atoms with E-state index in [-0.39, 0.29) is 0 Å². The highest BCUT2D eigenvalue weighted by Gasteiger charge is 1.91. The Morgan fingerprint density at radius 1 is 0.700 bits per heavy atom. The van der Waals surface area contributed by atoms with E-state index in [0.717, 1.165) is 20.1 Å². The summed E-state index contributed by atoms with van der Waals surface area (Å²) in [5.41, 5.74) is 1.57. The van der Waals surface area contributed by atoms with Crippen LogP contribution in [0.2, 0.25) is 0 Å². The lowest BCUT2D eigenvalue weighted by Gasteiger charge is -1.89. The molecular weight excluding hydrogens is 380 g/mol. The number of rotatable bonds is 0. The minimum absolute atomic E-state index is 0.393. The fourth-order valence-corrected chi connectivity index (χ4v) is 1.88. The number of halogens is 2. The minimum atomic E-state index is -0.393. The van der Waals surface area contributed by atoms with Gasteiger partial charge in [-0.3, -0.25) is 4.79 Å². The Morgan fingerprint density at radius 3 is 1.40 bits per heavy atom. The molecule has 0 aliphatic heterocycles. The number of Topliss-reactive ketones (excluding diaryl/α,β-unsaturated/α-hetero) is 1. The van der Waals surface area contributed by atoms with Crippen LogP contribution in [0.5, 0.6) is 0 Å². The van der Waals surface area contributed by atoms with E-state index in [2.05, 4.69) is 55.5 Å². The molecule has 0 saturated heterocycles. The molecule has 2 aromatic rings. The van der Waals surface area contributed by atoms with Crippen LogP contribution >= 0.6 is 31.9 Å². The van der Waals surface area contributed by atoms with Crippen LogP contribution in [0.15, 0.2) is 57.5 Å². The first-order chi connectivity index (χ1) is 9.63. The molecule has 0 amide bonds. The maximum atomic E-state index is 11.6. The summed E-state index contributed by atoms with van der Waals surface area (Å²) >= 11 is 6.68. The molecule has 0 bridgehead atoms. The van der Waals surface area contributed by atoms with Gasteiger partial charge in [0.25, 0.3) is 5.78 Å². The van der Waals surface area contributed by atoms with Crippen LogP contribution in [0, 0.1) is 23.7 Å². The minimum Gasteiger partial charge on any atom is -0.270 e. The molecule has 2 aromatic carbocycles. The van der Waals surface area contributed by atoms with Gasteiger partial charge in [-0.1, -0.05) is 43.7 Å². The van der Waals surface area contributed by atoms with Gasteiger partial charge >= 0.3 is 0 Å². The Balaban J connectivity index is 2.07. The summed E-state index contributed by atoms with van der Waals surface area (Å²) in [6, 6.07) is 14.9. The summed E-state index contributed by atoms with van der Waals surface area (Å²) in [5, 5.41) is 0. The Bertz CT molecular complexity index is 671. The van der Waals surface area contributed by atoms with Gasteiger partial charge in [-0.05, 0) is 60.4 Å². The fourth-order valence-electron chi connectivity index (χ4n) is 1.36. The first kappa shape index (κ1) is 14.6. The van der Waals surface area contributed by atoms with E-state index in [4.69, 9.17) is 0 Å². The van der Waals surface area contributed by atoms with Crippen LogP contribution in [-0.2, 0) is 4.79 Å². The van der Waals surface area contributed by atoms with Gasteiger partial charge < -0.3 is 0 Å². The molecule has 0 aliphatic rings. The molecule has 0 radical (unpaired) electrons. The summed E-state index contributed by atoms with van der Waals surface area (Å²) in [5.74, 6) is 10.2. The van der Waals surface area contributed by atoms with Gasteiger partial charge in [0.2, 0.25) is 0 Å². The third kappa shape index (κ3) is 4.70. The molecule has 96 valence electrons. The lowest BCUT2D eigenvalue weighted by atomic mass is 10.2. The van der Waals surface area contributed by atoms with Crippen molar-refractivity contribution in [3.8, 4) is 23.7 Å². The normalized spacial score (nSPS) is 8.90. The van der Waals surface area contributed by atoms with Crippen LogP contribution in [0.25, 0.3) is 0 Å². The second kappa shape index (κ2) is 7.10. The number of hydrogen-bond acceptors (Lipinski definition) is 1. The maximum absolute atomic E-state index is 11.6. The maximum Gasteiger partial charge on any atom is 0.279 e. The Morgan fingerprint density at radius 2 is 1.05 bits per heavy atom. The van der Waals surface area contributed by atoms with Crippen LogP contribution in [0.4, 0.5) is 0 Å². The van der Waals surface area contributed by atoms with Gasteiger partial charge in [-0.15, -0.1) is 0 Å². The van der Waals surface area contributed by atoms with Crippen molar-refractivity contribution in [1.29, 1.82) is 0 Å². The average molecular weight is 388 g/mol. The van der Waals surface area contributed by atoms with E-state index < -0.39 is 5.78 Å². The molecule has 0 saturated carbocycles. The topological polar surface area (TPSA) is 17.1 Å². The predicted molar refractivity (Wildman–Crippen MR) is 87.0 cm³/mol. The first-order valence-corrected chi connectivity index (χ1v) is 7.31. The third-order valence-electron chi connectivity index (χ3n) is 2.33. The lowest BCUT2D eigenvalue weighted by Crippen LogP contribution is -1.87. The molecule has 3 heteroatoms. The first-order valence-electron chi connectivity index (χ1n) is 5.72. The highest BCUT2D eigenvalue weighted by Crippen LogP contribution is 2.10. The van der Waals surface area contributed by atoms with E-state index in [1.807, 2.05) is 48.5 Å². The van der Waals surface area contributed by atoms with Crippen LogP contribution in [-0.4, -0.2) is 5.78 Å². The second-order valence-electron chi connectivity index (χ2n) is 3.84. The summed E-state index contributed by atoms with van der Waals surface area (Å²) in [6.45, 7) is 0. The largest absolute Gasteiger partial charge is 0.279 e. The van der Waals surface area contributed by atoms with Gasteiger partial charge in [0.1, 0.15) is 0 Å². The molecular formula is C17H8Br2O. The van der Waals surface area contributed by atoms with Crippen molar-refractivity contribution in [2.45, 2.75) is 0 Å². The van der Waals surface area contributed by atoms with Crippen LogP contribution in [0.3, 0.4) is 0 Å². The SMILES string of the molecule is O=C(C#Cc1ccc(Br)cc1)C#Cc1ccc(Br)cc1. The fraction of sp³-hybridized carbons (Fsp3) is 0. The monoisotopic (exact) mass is 386 g/mol. The van der Waals surface area contributed by atoms with Crippen molar-refractivity contribution in [2.75, 3.05) is 0 Å². The zero-order valence-electron chi connectivity index (χ0n) is 10.3. The zero-order valence-corrected chi connectivity index (χ0v) is 13.5. The summed E-state index contributed by atoms with van der Waals surface area (Å²) in [6.07, 6.45) is 0. The lowest BCUT2D eigenvalue weighted by molar-refractivity contribution is -0.108. The molecule has 0 aliphatic carbocycles. The zero-order chi connectivity index (χ0) is 14.4. The molecule has 0 atom stereocenters. The third-order valence-corrected chi connectivity index (χ3v) is 3.39. The highest BCUT2D eigenvalue weighted by molar-refractivity contribution is 9.10. The molecule has 0 spiro atoms. The quantitative estimate of drug-likeness (QED) is 0.619.